The van der Waals surface area contributed by atoms with Crippen molar-refractivity contribution in [3.63, 3.8) is 0 Å². The monoisotopic (exact) mass is 894 g/mol. The van der Waals surface area contributed by atoms with Gasteiger partial charge >= 0.3 is 0 Å². The predicted molar refractivity (Wildman–Crippen MR) is 292 cm³/mol. The quantitative estimate of drug-likeness (QED) is 0.161. The van der Waals surface area contributed by atoms with Gasteiger partial charge in [0.1, 0.15) is 0 Å². The zero-order chi connectivity index (χ0) is 45.2. The highest BCUT2D eigenvalue weighted by molar-refractivity contribution is 7.26. The van der Waals surface area contributed by atoms with Crippen LogP contribution in [0.1, 0.15) is 0 Å². The fourth-order valence-electron chi connectivity index (χ4n) is 11.2. The fraction of sp³-hybridized carbons (Fsp3) is 0. The minimum atomic E-state index is 0.706. The van der Waals surface area contributed by atoms with E-state index in [4.69, 9.17) is 9.97 Å². The van der Waals surface area contributed by atoms with Gasteiger partial charge in [0.25, 0.3) is 0 Å². The average Bonchev–Trinajstić information content (AvgIpc) is 4.08. The second-order valence-corrected chi connectivity index (χ2v) is 19.1. The highest BCUT2D eigenvalue weighted by Crippen LogP contribution is 2.46. The Kier molecular flexibility index (Phi) is 8.20. The van der Waals surface area contributed by atoms with Gasteiger partial charge in [-0.2, -0.15) is 0 Å². The minimum absolute atomic E-state index is 0.706. The first kappa shape index (κ1) is 38.2. The number of hydrogen-bond acceptors (Lipinski definition) is 3. The molecule has 0 aliphatic rings. The topological polar surface area (TPSA) is 35.6 Å². The molecule has 69 heavy (non-hydrogen) atoms. The lowest BCUT2D eigenvalue weighted by Crippen LogP contribution is -2.00. The molecule has 0 N–H and O–H groups in total. The van der Waals surface area contributed by atoms with Gasteiger partial charge in [-0.05, 0) is 105 Å². The van der Waals surface area contributed by atoms with E-state index in [0.29, 0.717) is 5.82 Å². The van der Waals surface area contributed by atoms with Crippen molar-refractivity contribution in [3.05, 3.63) is 231 Å². The van der Waals surface area contributed by atoms with E-state index < -0.39 is 0 Å². The molecule has 4 heterocycles. The Labute approximate surface area is 400 Å². The second-order valence-electron chi connectivity index (χ2n) is 18.1. The van der Waals surface area contributed by atoms with Crippen LogP contribution < -0.4 is 0 Å². The lowest BCUT2D eigenvalue weighted by atomic mass is 9.91. The third kappa shape index (κ3) is 5.69. The predicted octanol–water partition coefficient (Wildman–Crippen LogP) is 17.5. The molecule has 15 aromatic rings. The van der Waals surface area contributed by atoms with E-state index in [-0.39, 0.29) is 0 Å². The van der Waals surface area contributed by atoms with Gasteiger partial charge in [-0.25, -0.2) is 9.97 Å². The Morgan fingerprint density at radius 3 is 1.49 bits per heavy atom. The van der Waals surface area contributed by atoms with Gasteiger partial charge < -0.3 is 9.13 Å². The zero-order valence-electron chi connectivity index (χ0n) is 37.1. The first-order chi connectivity index (χ1) is 34.2. The summed E-state index contributed by atoms with van der Waals surface area (Å²) in [5.74, 6) is 0.706. The zero-order valence-corrected chi connectivity index (χ0v) is 38.0. The first-order valence-electron chi connectivity index (χ1n) is 23.5. The highest BCUT2D eigenvalue weighted by atomic mass is 32.1. The van der Waals surface area contributed by atoms with Crippen LogP contribution in [0.25, 0.3) is 141 Å². The van der Waals surface area contributed by atoms with Crippen LogP contribution in [0.5, 0.6) is 0 Å². The molecular formula is C64H38N4S. The molecule has 0 spiro atoms. The minimum Gasteiger partial charge on any atom is -0.309 e. The molecule has 0 fully saturated rings. The lowest BCUT2D eigenvalue weighted by molar-refractivity contribution is 1.18. The van der Waals surface area contributed by atoms with Gasteiger partial charge in [0.05, 0.1) is 43.7 Å². The number of nitrogens with zero attached hydrogens (tertiary/aromatic N) is 4. The van der Waals surface area contributed by atoms with E-state index in [1.54, 1.807) is 11.3 Å². The van der Waals surface area contributed by atoms with E-state index >= 15 is 0 Å². The second kappa shape index (κ2) is 14.8. The van der Waals surface area contributed by atoms with E-state index in [1.807, 2.05) is 0 Å². The van der Waals surface area contributed by atoms with Gasteiger partial charge in [-0.15, -0.1) is 11.3 Å². The molecule has 0 bridgehead atoms. The van der Waals surface area contributed by atoms with Crippen LogP contribution in [0.4, 0.5) is 0 Å². The van der Waals surface area contributed by atoms with Crippen molar-refractivity contribution in [1.29, 1.82) is 0 Å². The molecule has 0 amide bonds. The summed E-state index contributed by atoms with van der Waals surface area (Å²) in [4.78, 5) is 11.0. The highest BCUT2D eigenvalue weighted by Gasteiger charge is 2.23. The Morgan fingerprint density at radius 1 is 0.319 bits per heavy atom. The van der Waals surface area contributed by atoms with Gasteiger partial charge in [0.15, 0.2) is 5.82 Å². The van der Waals surface area contributed by atoms with E-state index in [0.717, 1.165) is 54.8 Å². The standard InChI is InChI=1S/C64H38N4S/c1-3-17-39(18-4-1)61-63-62(50-27-13-16-30-59(50)69-63)66-64(65-61)42-37-53-46-23-8-7-21-44(46)45-22-9-10-26-49(45)60(53)58(38-42)68-55-29-15-12-25-48(55)52-36-41(32-34-57(52)68)40-31-33-56-51(35-40)47-24-11-14-28-54(47)67(56)43-19-5-2-6-20-43/h1-38H. The van der Waals surface area contributed by atoms with Gasteiger partial charge in [-0.3, -0.25) is 0 Å². The number of thiophene rings is 1. The van der Waals surface area contributed by atoms with Crippen molar-refractivity contribution < 1.29 is 0 Å². The van der Waals surface area contributed by atoms with Crippen molar-refractivity contribution in [3.8, 4) is 45.1 Å². The van der Waals surface area contributed by atoms with Crippen LogP contribution >= 0.6 is 11.3 Å². The van der Waals surface area contributed by atoms with Crippen LogP contribution in [0.15, 0.2) is 231 Å². The molecule has 0 saturated carbocycles. The molecule has 0 aliphatic heterocycles. The summed E-state index contributed by atoms with van der Waals surface area (Å²) in [5.41, 5.74) is 13.3. The van der Waals surface area contributed by atoms with Crippen molar-refractivity contribution in [2.75, 3.05) is 0 Å². The van der Waals surface area contributed by atoms with Crippen molar-refractivity contribution in [1.82, 2.24) is 19.1 Å². The van der Waals surface area contributed by atoms with Crippen molar-refractivity contribution in [2.24, 2.45) is 0 Å². The van der Waals surface area contributed by atoms with Crippen LogP contribution in [0.3, 0.4) is 0 Å². The molecule has 4 aromatic heterocycles. The van der Waals surface area contributed by atoms with E-state index in [2.05, 4.69) is 240 Å². The fourth-order valence-corrected chi connectivity index (χ4v) is 12.4. The molecule has 0 atom stereocenters. The molecule has 11 aromatic carbocycles. The van der Waals surface area contributed by atoms with E-state index in [1.165, 1.54) is 80.7 Å². The van der Waals surface area contributed by atoms with Gasteiger partial charge in [0.2, 0.25) is 0 Å². The number of fused-ring (bicyclic) bond motifs is 15. The Bertz CT molecular complexity index is 4600. The third-order valence-corrected chi connectivity index (χ3v) is 15.4. The van der Waals surface area contributed by atoms with Crippen LogP contribution in [0, 0.1) is 0 Å². The summed E-state index contributed by atoms with van der Waals surface area (Å²) >= 11 is 1.77. The maximum absolute atomic E-state index is 5.53. The van der Waals surface area contributed by atoms with Crippen molar-refractivity contribution in [2.45, 2.75) is 0 Å². The van der Waals surface area contributed by atoms with Crippen LogP contribution in [0.2, 0.25) is 0 Å². The van der Waals surface area contributed by atoms with Crippen molar-refractivity contribution >= 4 is 108 Å². The largest absolute Gasteiger partial charge is 0.309 e. The Morgan fingerprint density at radius 2 is 0.812 bits per heavy atom. The van der Waals surface area contributed by atoms with Gasteiger partial charge in [0, 0.05) is 53.8 Å². The summed E-state index contributed by atoms with van der Waals surface area (Å²) in [6, 6.07) is 83.9. The van der Waals surface area contributed by atoms with E-state index in [9.17, 15) is 0 Å². The van der Waals surface area contributed by atoms with Crippen LogP contribution in [-0.2, 0) is 0 Å². The Hall–Kier alpha value is -8.90. The molecule has 4 nitrogen and oxygen atoms in total. The maximum atomic E-state index is 5.53. The molecule has 320 valence electrons. The summed E-state index contributed by atoms with van der Waals surface area (Å²) in [6.45, 7) is 0. The average molecular weight is 895 g/mol. The summed E-state index contributed by atoms with van der Waals surface area (Å²) < 4.78 is 7.18. The van der Waals surface area contributed by atoms with Gasteiger partial charge in [-0.1, -0.05) is 164 Å². The number of para-hydroxylation sites is 3. The lowest BCUT2D eigenvalue weighted by Gasteiger charge is -2.18. The smallest absolute Gasteiger partial charge is 0.160 e. The maximum Gasteiger partial charge on any atom is 0.160 e. The SMILES string of the molecule is c1ccc(-c2nc(-c3cc(-n4c5ccccc5c5cc(-c6ccc7c(c6)c6ccccc6n7-c6ccccc6)ccc54)c4c5ccccc5c5ccccc5c4c3)nc3c2sc2ccccc23)cc1. The Balaban J connectivity index is 1.01. The first-order valence-corrected chi connectivity index (χ1v) is 24.3. The molecule has 0 saturated heterocycles. The molecule has 0 radical (unpaired) electrons. The molecular weight excluding hydrogens is 857 g/mol. The number of rotatable bonds is 5. The third-order valence-electron chi connectivity index (χ3n) is 14.3. The number of hydrogen-bond donors (Lipinski definition) is 0. The molecule has 0 unspecified atom stereocenters. The normalized spacial score (nSPS) is 12.1. The summed E-state index contributed by atoms with van der Waals surface area (Å²) in [5, 5.41) is 13.3. The number of benzene rings is 11. The molecule has 15 rings (SSSR count). The number of aromatic nitrogens is 4. The molecule has 0 aliphatic carbocycles. The van der Waals surface area contributed by atoms with Crippen LogP contribution in [-0.4, -0.2) is 19.1 Å². The molecule has 5 heteroatoms. The summed E-state index contributed by atoms with van der Waals surface area (Å²) in [7, 11) is 0. The summed E-state index contributed by atoms with van der Waals surface area (Å²) in [6.07, 6.45) is 0.